The second-order valence-electron chi connectivity index (χ2n) is 4.95. The van der Waals surface area contributed by atoms with E-state index in [2.05, 4.69) is 0 Å². The van der Waals surface area contributed by atoms with Gasteiger partial charge in [-0.05, 0) is 41.8 Å². The lowest BCUT2D eigenvalue weighted by molar-refractivity contribution is -0.138. The zero-order valence-electron chi connectivity index (χ0n) is 11.8. The summed E-state index contributed by atoms with van der Waals surface area (Å²) in [6.07, 6.45) is -9.31. The third kappa shape index (κ3) is 3.85. The maximum Gasteiger partial charge on any atom is 0.417 e. The second kappa shape index (κ2) is 6.23. The summed E-state index contributed by atoms with van der Waals surface area (Å²) in [5.74, 6) is 0. The van der Waals surface area contributed by atoms with E-state index in [1.165, 1.54) is 24.3 Å². The van der Waals surface area contributed by atoms with Gasteiger partial charge in [0.15, 0.2) is 0 Å². The van der Waals surface area contributed by atoms with Crippen molar-refractivity contribution in [2.24, 2.45) is 5.73 Å². The summed E-state index contributed by atoms with van der Waals surface area (Å²) in [7, 11) is 0. The molecule has 0 aliphatic heterocycles. The summed E-state index contributed by atoms with van der Waals surface area (Å²) >= 11 is 0. The van der Waals surface area contributed by atoms with Gasteiger partial charge in [0.25, 0.3) is 0 Å². The van der Waals surface area contributed by atoms with Crippen LogP contribution in [0.3, 0.4) is 0 Å². The van der Waals surface area contributed by atoms with Gasteiger partial charge in [0, 0.05) is 0 Å². The third-order valence-corrected chi connectivity index (χ3v) is 3.37. The van der Waals surface area contributed by atoms with Crippen LogP contribution in [0.2, 0.25) is 0 Å². The summed E-state index contributed by atoms with van der Waals surface area (Å²) in [5.41, 5.74) is 2.90. The summed E-state index contributed by atoms with van der Waals surface area (Å²) in [4.78, 5) is 0. The molecule has 0 aliphatic carbocycles. The maximum absolute atomic E-state index is 13.1. The Hall–Kier alpha value is -2.02. The molecule has 0 radical (unpaired) electrons. The number of hydrogen-bond acceptors (Lipinski definition) is 1. The van der Waals surface area contributed by atoms with Gasteiger partial charge in [0.05, 0.1) is 11.1 Å². The van der Waals surface area contributed by atoms with Gasteiger partial charge in [-0.3, -0.25) is 0 Å². The monoisotopic (exact) mass is 333 g/mol. The molecule has 0 spiro atoms. The molecular weight excluding hydrogens is 320 g/mol. The van der Waals surface area contributed by atoms with Crippen molar-refractivity contribution in [3.8, 4) is 11.1 Å². The van der Waals surface area contributed by atoms with Crippen molar-refractivity contribution in [1.29, 1.82) is 0 Å². The topological polar surface area (TPSA) is 26.0 Å². The lowest BCUT2D eigenvalue weighted by Crippen LogP contribution is -2.13. The van der Waals surface area contributed by atoms with E-state index in [0.29, 0.717) is 0 Å². The van der Waals surface area contributed by atoms with Gasteiger partial charge in [-0.15, -0.1) is 0 Å². The van der Waals surface area contributed by atoms with E-state index in [1.54, 1.807) is 0 Å². The van der Waals surface area contributed by atoms with Gasteiger partial charge >= 0.3 is 12.4 Å². The Kier molecular flexibility index (Phi) is 4.70. The van der Waals surface area contributed by atoms with Crippen LogP contribution >= 0.6 is 0 Å². The van der Waals surface area contributed by atoms with Crippen molar-refractivity contribution in [2.45, 2.75) is 18.8 Å². The Bertz CT molecular complexity index is 688. The van der Waals surface area contributed by atoms with Crippen LogP contribution in [0.4, 0.5) is 26.3 Å². The molecule has 2 aromatic rings. The Morgan fingerprint density at radius 2 is 1.39 bits per heavy atom. The average Bonchev–Trinajstić information content (AvgIpc) is 2.46. The van der Waals surface area contributed by atoms with Gasteiger partial charge in [0.1, 0.15) is 0 Å². The number of halogens is 6. The first-order valence-electron chi connectivity index (χ1n) is 6.71. The number of nitrogens with two attached hydrogens (primary N) is 1. The minimum atomic E-state index is -4.66. The number of rotatable bonds is 3. The summed E-state index contributed by atoms with van der Waals surface area (Å²) < 4.78 is 78.5. The van der Waals surface area contributed by atoms with Gasteiger partial charge < -0.3 is 5.73 Å². The molecule has 1 nitrogen and oxygen atoms in total. The lowest BCUT2D eigenvalue weighted by Gasteiger charge is -2.17. The fourth-order valence-electron chi connectivity index (χ4n) is 2.36. The van der Waals surface area contributed by atoms with Crippen LogP contribution in [0.5, 0.6) is 0 Å². The fraction of sp³-hybridized carbons (Fsp3) is 0.250. The van der Waals surface area contributed by atoms with E-state index in [4.69, 9.17) is 5.73 Å². The summed E-state index contributed by atoms with van der Waals surface area (Å²) in [5, 5.41) is 0. The number of benzene rings is 2. The highest BCUT2D eigenvalue weighted by Crippen LogP contribution is 2.40. The van der Waals surface area contributed by atoms with Gasteiger partial charge in [-0.2, -0.15) is 26.3 Å². The Morgan fingerprint density at radius 3 is 1.96 bits per heavy atom. The minimum absolute atomic E-state index is 0.00393. The van der Waals surface area contributed by atoms with E-state index < -0.39 is 23.5 Å². The fourth-order valence-corrected chi connectivity index (χ4v) is 2.36. The molecule has 2 N–H and O–H groups in total. The molecule has 2 aromatic carbocycles. The normalized spacial score (nSPS) is 12.5. The Labute approximate surface area is 128 Å². The molecular formula is C16H13F6N. The number of hydrogen-bond donors (Lipinski definition) is 1. The molecule has 0 saturated carbocycles. The highest BCUT2D eigenvalue weighted by molar-refractivity contribution is 5.69. The van der Waals surface area contributed by atoms with Crippen molar-refractivity contribution in [3.05, 3.63) is 59.2 Å². The first-order valence-corrected chi connectivity index (χ1v) is 6.71. The smallest absolute Gasteiger partial charge is 0.330 e. The first kappa shape index (κ1) is 17.3. The standard InChI is InChI=1S/C16H13F6N/c17-15(18,19)13-4-2-1-3-12(13)11-6-5-10(7-8-23)14(9-11)16(20,21)22/h1-6,9H,7-8,23H2. The Morgan fingerprint density at radius 1 is 0.783 bits per heavy atom. The van der Waals surface area contributed by atoms with Crippen molar-refractivity contribution in [1.82, 2.24) is 0 Å². The molecule has 0 amide bonds. The van der Waals surface area contributed by atoms with Crippen molar-refractivity contribution in [2.75, 3.05) is 6.54 Å². The average molecular weight is 333 g/mol. The SMILES string of the molecule is NCCc1ccc(-c2ccccc2C(F)(F)F)cc1C(F)(F)F. The second-order valence-corrected chi connectivity index (χ2v) is 4.95. The molecule has 124 valence electrons. The predicted octanol–water partition coefficient (Wildman–Crippen LogP) is 4.89. The largest absolute Gasteiger partial charge is 0.417 e. The molecule has 0 heterocycles. The van der Waals surface area contributed by atoms with Crippen LogP contribution in [0, 0.1) is 0 Å². The van der Waals surface area contributed by atoms with Crippen molar-refractivity contribution in [3.63, 3.8) is 0 Å². The predicted molar refractivity (Wildman–Crippen MR) is 74.6 cm³/mol. The Balaban J connectivity index is 2.63. The highest BCUT2D eigenvalue weighted by atomic mass is 19.4. The quantitative estimate of drug-likeness (QED) is 0.795. The van der Waals surface area contributed by atoms with E-state index in [-0.39, 0.29) is 29.7 Å². The summed E-state index contributed by atoms with van der Waals surface area (Å²) in [6, 6.07) is 7.72. The maximum atomic E-state index is 13.1. The molecule has 0 fully saturated rings. The van der Waals surface area contributed by atoms with E-state index >= 15 is 0 Å². The van der Waals surface area contributed by atoms with E-state index in [9.17, 15) is 26.3 Å². The zero-order chi connectivity index (χ0) is 17.3. The number of alkyl halides is 6. The first-order chi connectivity index (χ1) is 10.6. The van der Waals surface area contributed by atoms with Crippen LogP contribution < -0.4 is 5.73 Å². The molecule has 7 heteroatoms. The van der Waals surface area contributed by atoms with E-state index in [0.717, 1.165) is 18.2 Å². The molecule has 0 atom stereocenters. The molecule has 0 unspecified atom stereocenters. The van der Waals surface area contributed by atoms with Crippen LogP contribution in [-0.4, -0.2) is 6.54 Å². The van der Waals surface area contributed by atoms with Crippen molar-refractivity contribution >= 4 is 0 Å². The molecule has 0 saturated heterocycles. The van der Waals surface area contributed by atoms with Crippen LogP contribution in [0.15, 0.2) is 42.5 Å². The van der Waals surface area contributed by atoms with Gasteiger partial charge in [-0.1, -0.05) is 30.3 Å². The lowest BCUT2D eigenvalue weighted by atomic mass is 9.94. The highest BCUT2D eigenvalue weighted by Gasteiger charge is 2.36. The van der Waals surface area contributed by atoms with Crippen molar-refractivity contribution < 1.29 is 26.3 Å². The minimum Gasteiger partial charge on any atom is -0.330 e. The van der Waals surface area contributed by atoms with Gasteiger partial charge in [-0.25, -0.2) is 0 Å². The molecule has 2 rings (SSSR count). The third-order valence-electron chi connectivity index (χ3n) is 3.37. The zero-order valence-corrected chi connectivity index (χ0v) is 11.8. The summed E-state index contributed by atoms with van der Waals surface area (Å²) in [6.45, 7) is 0.0154. The van der Waals surface area contributed by atoms with E-state index in [1.807, 2.05) is 0 Å². The van der Waals surface area contributed by atoms with Crippen LogP contribution in [0.25, 0.3) is 11.1 Å². The molecule has 0 bridgehead atoms. The van der Waals surface area contributed by atoms with Crippen LogP contribution in [-0.2, 0) is 18.8 Å². The van der Waals surface area contributed by atoms with Gasteiger partial charge in [0.2, 0.25) is 0 Å². The molecule has 23 heavy (non-hydrogen) atoms. The van der Waals surface area contributed by atoms with Crippen LogP contribution in [0.1, 0.15) is 16.7 Å². The molecule has 0 aliphatic rings. The molecule has 0 aromatic heterocycles.